The fourth-order valence-corrected chi connectivity index (χ4v) is 11.2. The molecule has 0 saturated heterocycles. The van der Waals surface area contributed by atoms with E-state index >= 15 is 0 Å². The number of ketones is 1. The number of nitrogens with zero attached hydrogens (tertiary/aromatic N) is 10. The Morgan fingerprint density at radius 2 is 1.28 bits per heavy atom. The number of carbonyl (C=O) groups excluding carboxylic acids is 1. The number of benzene rings is 9. The van der Waals surface area contributed by atoms with Crippen molar-refractivity contribution >= 4 is 66.7 Å². The molecule has 0 amide bonds. The van der Waals surface area contributed by atoms with Gasteiger partial charge in [-0.25, -0.2) is 0 Å². The van der Waals surface area contributed by atoms with E-state index < -0.39 is 23.6 Å². The van der Waals surface area contributed by atoms with Crippen molar-refractivity contribution in [2.45, 2.75) is 20.8 Å². The molecule has 2 aliphatic rings. The number of aromatic carboxylic acids is 1. The number of carboxylic acids is 1. The zero-order valence-electron chi connectivity index (χ0n) is 65.5. The molecule has 0 atom stereocenters. The maximum atomic E-state index is 13.2. The summed E-state index contributed by atoms with van der Waals surface area (Å²) < 4.78 is 79.5. The van der Waals surface area contributed by atoms with Crippen LogP contribution in [0, 0.1) is 80.3 Å². The minimum atomic E-state index is -0.935. The molecule has 17 rings (SSSR count). The van der Waals surface area contributed by atoms with Crippen LogP contribution in [-0.4, -0.2) is 66.0 Å². The third kappa shape index (κ3) is 28.4. The molecular weight excluding hydrogens is 2340 g/mol. The Labute approximate surface area is 735 Å². The summed E-state index contributed by atoms with van der Waals surface area (Å²) >= 11 is 1.72. The molecule has 0 spiro atoms. The second-order valence-electron chi connectivity index (χ2n) is 23.1. The van der Waals surface area contributed by atoms with Crippen LogP contribution in [0.3, 0.4) is 0 Å². The molecule has 23 heteroatoms. The van der Waals surface area contributed by atoms with Crippen LogP contribution in [0.15, 0.2) is 310 Å². The topological polar surface area (TPSA) is 166 Å². The first kappa shape index (κ1) is 85.1. The predicted molar refractivity (Wildman–Crippen MR) is 423 cm³/mol. The minimum absolute atomic E-state index is 0. The molecule has 0 unspecified atom stereocenters. The molecule has 6 aromatic heterocycles. The number of anilines is 4. The fourth-order valence-electron chi connectivity index (χ4n) is 10.2. The Balaban J connectivity index is 0.000000247. The molecule has 113 heavy (non-hydrogen) atoms. The first-order valence-corrected chi connectivity index (χ1v) is 34.0. The van der Waals surface area contributed by atoms with Crippen molar-refractivity contribution in [2.75, 3.05) is 28.8 Å². The van der Waals surface area contributed by atoms with Crippen LogP contribution in [0.25, 0.3) is 76.3 Å². The second kappa shape index (κ2) is 48.6. The van der Waals surface area contributed by atoms with Gasteiger partial charge >= 0.3 is 20.1 Å². The Bertz CT molecular complexity index is 5650. The maximum absolute atomic E-state index is 13.2. The van der Waals surface area contributed by atoms with Crippen LogP contribution in [-0.2, 0) is 105 Å². The van der Waals surface area contributed by atoms with Crippen LogP contribution < -0.4 is 19.8 Å². The van der Waals surface area contributed by atoms with Crippen LogP contribution in [0.2, 0.25) is 0 Å². The number of para-hydroxylation sites is 3. The van der Waals surface area contributed by atoms with Crippen molar-refractivity contribution in [3.8, 4) is 55.5 Å². The smallest absolute Gasteiger partial charge is 0.574 e. The zero-order chi connectivity index (χ0) is 80.3. The van der Waals surface area contributed by atoms with Gasteiger partial charge in [-0.05, 0) is 100 Å². The quantitative estimate of drug-likeness (QED) is 0.0796. The number of aryl methyl sites for hydroxylation is 1. The van der Waals surface area contributed by atoms with Gasteiger partial charge < -0.3 is 59.8 Å². The first-order chi connectivity index (χ1) is 54.6. The largest absolute Gasteiger partial charge is 3.00 e. The molecule has 0 aliphatic carbocycles. The molecule has 4 radical (unpaired) electrons. The van der Waals surface area contributed by atoms with Crippen molar-refractivity contribution in [3.05, 3.63) is 394 Å². The summed E-state index contributed by atoms with van der Waals surface area (Å²) in [6.07, 6.45) is 16.2. The number of allylic oxidation sites excluding steroid dienone is 2. The van der Waals surface area contributed by atoms with E-state index in [1.165, 1.54) is 54.2 Å². The number of hydrogen-bond donors (Lipinski definition) is 2. The third-order valence-electron chi connectivity index (χ3n) is 15.1. The van der Waals surface area contributed by atoms with Gasteiger partial charge in [0.05, 0.1) is 12.6 Å². The molecule has 0 fully saturated rings. The normalized spacial score (nSPS) is 11.6. The van der Waals surface area contributed by atoms with Crippen molar-refractivity contribution in [2.24, 2.45) is 0 Å². The van der Waals surface area contributed by atoms with E-state index in [4.69, 9.17) is 17.1 Å². The SMILES string of the molecule is CC(=O)C=C(C)O.CN1C=CN(c2[c-]cc(F)cc2)[CH-]1.CN1[CH-]N(c2[c-]cccc2)c2ccccc21.Fc1c[c-]c(-c2ccccn2)c(F)c1.O=C(O)c1[c-]cccc1.[2H]c1c([2H])c([2H])c(-c2cnc(-c3[c-]ccc4ccccc34)cc2C)c([2H])c1[2H].[Ir+3].[Ir].[Ir].[Ir].[Ir].[c-]1ncccc1-c1[c-]c2ccccc2s1.c1ccc(-c2ccn[n-]2)nc1. The van der Waals surface area contributed by atoms with Gasteiger partial charge in [0.1, 0.15) is 0 Å². The second-order valence-corrected chi connectivity index (χ2v) is 24.2. The van der Waals surface area contributed by atoms with Gasteiger partial charge in [-0.2, -0.15) is 67.4 Å². The van der Waals surface area contributed by atoms with E-state index in [0.717, 1.165) is 78.3 Å². The number of rotatable bonds is 9. The summed E-state index contributed by atoms with van der Waals surface area (Å²) in [6, 6.07) is 84.0. The number of hydrogen-bond acceptors (Lipinski definition) is 13. The number of carboxylic acid groups (broad SMARTS) is 1. The fraction of sp³-hybridized carbons (Fsp3) is 0.0556. The van der Waals surface area contributed by atoms with Crippen molar-refractivity contribution in [3.63, 3.8) is 0 Å². The monoisotopic (exact) mass is 2410 g/mol. The molecule has 8 heterocycles. The molecule has 2 aliphatic heterocycles. The Hall–Kier alpha value is -10.3. The molecule has 0 bridgehead atoms. The molecule has 14 nitrogen and oxygen atoms in total. The summed E-state index contributed by atoms with van der Waals surface area (Å²) in [7, 11) is 3.99. The molecule has 15 aromatic rings. The first-order valence-electron chi connectivity index (χ1n) is 35.6. The zero-order valence-corrected chi connectivity index (χ0v) is 73.3. The van der Waals surface area contributed by atoms with Gasteiger partial charge in [0.25, 0.3) is 0 Å². The van der Waals surface area contributed by atoms with E-state index in [-0.39, 0.29) is 159 Å². The van der Waals surface area contributed by atoms with Crippen LogP contribution in [0.5, 0.6) is 0 Å². The summed E-state index contributed by atoms with van der Waals surface area (Å²) in [6.45, 7) is 8.67. The summed E-state index contributed by atoms with van der Waals surface area (Å²) in [5.74, 6) is -2.55. The average molecular weight is 2410 g/mol. The summed E-state index contributed by atoms with van der Waals surface area (Å²) in [5, 5.41) is 27.6. The Morgan fingerprint density at radius 3 is 1.87 bits per heavy atom. The van der Waals surface area contributed by atoms with Gasteiger partial charge in [0, 0.05) is 151 Å². The molecule has 2 N–H and O–H groups in total. The average Bonchev–Trinajstić information content (AvgIpc) is 1.07. The van der Waals surface area contributed by atoms with Crippen LogP contribution in [0.1, 0.15) is 36.6 Å². The molecule has 0 saturated carbocycles. The van der Waals surface area contributed by atoms with Crippen LogP contribution in [0.4, 0.5) is 35.9 Å². The van der Waals surface area contributed by atoms with Gasteiger partial charge in [-0.1, -0.05) is 154 Å². The summed E-state index contributed by atoms with van der Waals surface area (Å²) in [5.41, 5.74) is 11.0. The van der Waals surface area contributed by atoms with Gasteiger partial charge in [0.2, 0.25) is 5.97 Å². The molecular formula is C90H69F3Ir5N10O4S-7. The van der Waals surface area contributed by atoms with Crippen molar-refractivity contribution in [1.82, 2.24) is 35.0 Å². The number of fused-ring (bicyclic) bond motifs is 3. The van der Waals surface area contributed by atoms with Crippen molar-refractivity contribution in [1.29, 1.82) is 0 Å². The van der Waals surface area contributed by atoms with E-state index in [1.807, 2.05) is 152 Å². The third-order valence-corrected chi connectivity index (χ3v) is 16.2. The Morgan fingerprint density at radius 1 is 0.602 bits per heavy atom. The van der Waals surface area contributed by atoms with Gasteiger partial charge in [0.15, 0.2) is 5.78 Å². The number of aliphatic hydroxyl groups excluding tert-OH is 1. The summed E-state index contributed by atoms with van der Waals surface area (Å²) in [4.78, 5) is 45.9. The maximum Gasteiger partial charge on any atom is 3.00 e. The van der Waals surface area contributed by atoms with Gasteiger partial charge in [-0.15, -0.1) is 130 Å². The molecule has 582 valence electrons. The number of thiophene rings is 1. The van der Waals surface area contributed by atoms with E-state index in [1.54, 1.807) is 84.8 Å². The number of aliphatic hydroxyl groups is 1. The molecule has 9 aromatic carbocycles. The Kier molecular flexibility index (Phi) is 36.6. The number of aromatic nitrogens is 6. The number of carbonyl (C=O) groups is 2. The number of halogens is 3. The van der Waals surface area contributed by atoms with E-state index in [0.29, 0.717) is 11.3 Å². The predicted octanol–water partition coefficient (Wildman–Crippen LogP) is 20.5. The standard InChI is InChI=1S/C22H16N.C14H12N2.C13H7NS.C11H6F2N.C10H9FN2.C8H6N3.C7H5O2.C5H8O2.5Ir/c1-16-14-22(23-15-21(16)18-8-3-2-4-9-18)20-13-7-11-17-10-5-6-12-19(17)20;1-15-11-16(12-7-3-2-4-8-12)14-10-6-5-9-13(14)15;1-2-6-12-10(4-1)8-13(15-12)11-5-3-7-14-9-11;12-8-4-5-9(10(13)7-8)11-3-1-2-6-14-11;1-12-6-7-13(8-12)10-4-2-9(11)3-5-10;1-2-5-9-7(3-1)8-4-6-10-11-8;8-7(9)6-4-2-1-3-5-6;1-4(6)3-5(2)7;;;;;/h2-12,14-15H,1H3;2-7,9-11H,1H3;1-7H;1-4,6-7H;2-4,6-8H,1H3;1-6H;1-4H,(H,8,9);3,6H,1-2H3;;;;;/q-1;2*-2;-1;-2;2*-1;;;;;;+3/i2D,3D,4D,8D,9D;;;;;;;;;;;;. The van der Waals surface area contributed by atoms with Crippen molar-refractivity contribution < 1.29 is 140 Å². The van der Waals surface area contributed by atoms with Gasteiger partial charge in [-0.3, -0.25) is 34.3 Å². The van der Waals surface area contributed by atoms with Crippen LogP contribution >= 0.6 is 11.3 Å². The number of pyridine rings is 4. The minimum Gasteiger partial charge on any atom is -0.574 e. The van der Waals surface area contributed by atoms with E-state index in [2.05, 4.69) is 139 Å². The van der Waals surface area contributed by atoms with E-state index in [9.17, 15) is 22.8 Å².